The van der Waals surface area contributed by atoms with Crippen LogP contribution >= 0.6 is 11.6 Å². The number of imidazole rings is 1. The average molecular weight is 497 g/mol. The van der Waals surface area contributed by atoms with E-state index in [0.717, 1.165) is 4.57 Å². The number of sulfonamides is 1. The summed E-state index contributed by atoms with van der Waals surface area (Å²) in [7, 11) is -0.841. The molecular formula is C19H21ClN6O6S. The number of ether oxygens (including phenoxy) is 1. The highest BCUT2D eigenvalue weighted by atomic mass is 35.5. The number of aryl methyl sites for hydroxylation is 2. The summed E-state index contributed by atoms with van der Waals surface area (Å²) < 4.78 is 35.8. The Labute approximate surface area is 193 Å². The summed E-state index contributed by atoms with van der Waals surface area (Å²) in [6, 6.07) is 4.04. The molecule has 0 atom stereocenters. The van der Waals surface area contributed by atoms with Crippen LogP contribution in [0.3, 0.4) is 0 Å². The highest BCUT2D eigenvalue weighted by Gasteiger charge is 2.29. The van der Waals surface area contributed by atoms with E-state index >= 15 is 0 Å². The van der Waals surface area contributed by atoms with E-state index in [0.29, 0.717) is 0 Å². The number of morpholine rings is 1. The van der Waals surface area contributed by atoms with Crippen LogP contribution in [-0.4, -0.2) is 63.6 Å². The van der Waals surface area contributed by atoms with E-state index < -0.39 is 33.7 Å². The first kappa shape index (κ1) is 23.2. The van der Waals surface area contributed by atoms with Crippen molar-refractivity contribution in [1.29, 1.82) is 0 Å². The Balaban J connectivity index is 1.62. The molecule has 12 nitrogen and oxygen atoms in total. The Hall–Kier alpha value is -3.00. The maximum absolute atomic E-state index is 13.0. The predicted octanol–water partition coefficient (Wildman–Crippen LogP) is -0.253. The molecule has 1 fully saturated rings. The van der Waals surface area contributed by atoms with Gasteiger partial charge in [-0.25, -0.2) is 22.8 Å². The standard InChI is InChI=1S/C19H21ClN6O6S/c1-23-11-21-17-16(23)18(28)26(19(29)24(17)2)10-15(27)22-12-3-4-13(20)14(9-12)33(30,31)25-5-7-32-8-6-25/h3-4,9,11H,5-8,10H2,1-2H3,(H,22,27). The number of fused-ring (bicyclic) bond motifs is 1. The molecule has 1 aliphatic heterocycles. The first-order chi connectivity index (χ1) is 15.6. The second kappa shape index (κ2) is 8.74. The number of aromatic nitrogens is 4. The third-order valence-electron chi connectivity index (χ3n) is 5.31. The lowest BCUT2D eigenvalue weighted by atomic mass is 10.3. The molecule has 0 bridgehead atoms. The SMILES string of the molecule is Cn1cnc2c1c(=O)n(CC(=O)Nc1ccc(Cl)c(S(=O)(=O)N3CCOCC3)c1)c(=O)n2C. The van der Waals surface area contributed by atoms with Crippen molar-refractivity contribution in [2.45, 2.75) is 11.4 Å². The lowest BCUT2D eigenvalue weighted by Gasteiger charge is -2.26. The van der Waals surface area contributed by atoms with Gasteiger partial charge >= 0.3 is 5.69 Å². The van der Waals surface area contributed by atoms with Crippen LogP contribution in [0.4, 0.5) is 5.69 Å². The van der Waals surface area contributed by atoms with E-state index in [1.54, 1.807) is 7.05 Å². The van der Waals surface area contributed by atoms with Crippen LogP contribution in [0.2, 0.25) is 5.02 Å². The first-order valence-electron chi connectivity index (χ1n) is 9.89. The fourth-order valence-electron chi connectivity index (χ4n) is 3.58. The van der Waals surface area contributed by atoms with Crippen LogP contribution in [0, 0.1) is 0 Å². The Bertz CT molecular complexity index is 1470. The van der Waals surface area contributed by atoms with Gasteiger partial charge in [0.15, 0.2) is 11.2 Å². The number of nitrogens with zero attached hydrogens (tertiary/aromatic N) is 5. The Morgan fingerprint density at radius 3 is 2.61 bits per heavy atom. The molecule has 4 rings (SSSR count). The Kier molecular flexibility index (Phi) is 6.14. The van der Waals surface area contributed by atoms with Crippen molar-refractivity contribution in [2.24, 2.45) is 14.1 Å². The number of halogens is 1. The fraction of sp³-hybridized carbons (Fsp3) is 0.368. The van der Waals surface area contributed by atoms with Crippen LogP contribution in [-0.2, 0) is 40.2 Å². The van der Waals surface area contributed by atoms with Crippen molar-refractivity contribution >= 4 is 44.4 Å². The molecule has 0 aliphatic carbocycles. The molecular weight excluding hydrogens is 476 g/mol. The number of carbonyl (C=O) groups excluding carboxylic acids is 1. The second-order valence-electron chi connectivity index (χ2n) is 7.47. The summed E-state index contributed by atoms with van der Waals surface area (Å²) in [5, 5.41) is 2.53. The lowest BCUT2D eigenvalue weighted by Crippen LogP contribution is -2.42. The molecule has 0 radical (unpaired) electrons. The zero-order valence-electron chi connectivity index (χ0n) is 17.8. The first-order valence-corrected chi connectivity index (χ1v) is 11.7. The third-order valence-corrected chi connectivity index (χ3v) is 7.69. The maximum Gasteiger partial charge on any atom is 0.332 e. The van der Waals surface area contributed by atoms with Gasteiger partial charge in [-0.3, -0.25) is 14.2 Å². The smallest absolute Gasteiger partial charge is 0.332 e. The van der Waals surface area contributed by atoms with Crippen molar-refractivity contribution in [3.05, 3.63) is 50.4 Å². The van der Waals surface area contributed by atoms with Gasteiger partial charge in [-0.1, -0.05) is 11.6 Å². The van der Waals surface area contributed by atoms with Gasteiger partial charge < -0.3 is 14.6 Å². The van der Waals surface area contributed by atoms with E-state index in [2.05, 4.69) is 10.3 Å². The van der Waals surface area contributed by atoms with Crippen LogP contribution < -0.4 is 16.6 Å². The number of amides is 1. The van der Waals surface area contributed by atoms with E-state index in [4.69, 9.17) is 16.3 Å². The molecule has 1 aliphatic rings. The molecule has 1 aromatic carbocycles. The van der Waals surface area contributed by atoms with Crippen LogP contribution in [0.15, 0.2) is 39.0 Å². The fourth-order valence-corrected chi connectivity index (χ4v) is 5.49. The zero-order chi connectivity index (χ0) is 23.9. The number of rotatable bonds is 5. The number of carbonyl (C=O) groups is 1. The summed E-state index contributed by atoms with van der Waals surface area (Å²) in [6.45, 7) is 0.368. The van der Waals surface area contributed by atoms with Gasteiger partial charge in [0.2, 0.25) is 15.9 Å². The van der Waals surface area contributed by atoms with Crippen molar-refractivity contribution in [2.75, 3.05) is 31.6 Å². The summed E-state index contributed by atoms with van der Waals surface area (Å²) in [4.78, 5) is 41.9. The van der Waals surface area contributed by atoms with Crippen molar-refractivity contribution in [3.63, 3.8) is 0 Å². The summed E-state index contributed by atoms with van der Waals surface area (Å²) in [6.07, 6.45) is 1.40. The lowest BCUT2D eigenvalue weighted by molar-refractivity contribution is -0.116. The second-order valence-corrected chi connectivity index (χ2v) is 9.78. The van der Waals surface area contributed by atoms with Crippen LogP contribution in [0.1, 0.15) is 0 Å². The van der Waals surface area contributed by atoms with E-state index in [9.17, 15) is 22.8 Å². The average Bonchev–Trinajstić information content (AvgIpc) is 3.18. The van der Waals surface area contributed by atoms with Crippen molar-refractivity contribution < 1.29 is 17.9 Å². The number of hydrogen-bond acceptors (Lipinski definition) is 7. The van der Waals surface area contributed by atoms with Crippen molar-refractivity contribution in [3.8, 4) is 0 Å². The summed E-state index contributed by atoms with van der Waals surface area (Å²) in [5.74, 6) is -0.687. The molecule has 0 saturated carbocycles. The molecule has 0 spiro atoms. The third kappa shape index (κ3) is 4.19. The minimum atomic E-state index is -3.90. The minimum Gasteiger partial charge on any atom is -0.379 e. The molecule has 0 unspecified atom stereocenters. The Morgan fingerprint density at radius 2 is 1.91 bits per heavy atom. The monoisotopic (exact) mass is 496 g/mol. The van der Waals surface area contributed by atoms with Gasteiger partial charge in [-0.15, -0.1) is 0 Å². The van der Waals surface area contributed by atoms with Gasteiger partial charge in [0.25, 0.3) is 5.56 Å². The normalized spacial score (nSPS) is 15.1. The molecule has 3 heterocycles. The molecule has 14 heteroatoms. The van der Waals surface area contributed by atoms with Crippen LogP contribution in [0.5, 0.6) is 0 Å². The van der Waals surface area contributed by atoms with Gasteiger partial charge in [-0.05, 0) is 18.2 Å². The molecule has 3 aromatic rings. The molecule has 1 amide bonds. The molecule has 33 heavy (non-hydrogen) atoms. The quantitative estimate of drug-likeness (QED) is 0.514. The van der Waals surface area contributed by atoms with E-state index in [-0.39, 0.29) is 53.1 Å². The van der Waals surface area contributed by atoms with Crippen LogP contribution in [0.25, 0.3) is 11.2 Å². The number of nitrogens with one attached hydrogen (secondary N) is 1. The molecule has 2 aromatic heterocycles. The molecule has 1 saturated heterocycles. The number of hydrogen-bond donors (Lipinski definition) is 1. The van der Waals surface area contributed by atoms with E-state index in [1.165, 1.54) is 45.0 Å². The maximum atomic E-state index is 13.0. The summed E-state index contributed by atoms with van der Waals surface area (Å²) in [5.41, 5.74) is -0.819. The highest BCUT2D eigenvalue weighted by molar-refractivity contribution is 7.89. The highest BCUT2D eigenvalue weighted by Crippen LogP contribution is 2.28. The zero-order valence-corrected chi connectivity index (χ0v) is 19.4. The Morgan fingerprint density at radius 1 is 1.21 bits per heavy atom. The topological polar surface area (TPSA) is 138 Å². The predicted molar refractivity (Wildman–Crippen MR) is 120 cm³/mol. The number of anilines is 1. The number of benzene rings is 1. The van der Waals surface area contributed by atoms with Gasteiger partial charge in [0.1, 0.15) is 11.4 Å². The van der Waals surface area contributed by atoms with Crippen molar-refractivity contribution in [1.82, 2.24) is 23.0 Å². The molecule has 1 N–H and O–H groups in total. The van der Waals surface area contributed by atoms with Gasteiger partial charge in [-0.2, -0.15) is 4.31 Å². The summed E-state index contributed by atoms with van der Waals surface area (Å²) >= 11 is 6.14. The largest absolute Gasteiger partial charge is 0.379 e. The van der Waals surface area contributed by atoms with Gasteiger partial charge in [0, 0.05) is 32.9 Å². The molecule has 176 valence electrons. The minimum absolute atomic E-state index is 0.00578. The van der Waals surface area contributed by atoms with Gasteiger partial charge in [0.05, 0.1) is 24.6 Å². The van der Waals surface area contributed by atoms with E-state index in [1.807, 2.05) is 0 Å².